The molecule has 0 saturated heterocycles. The van der Waals surface area contributed by atoms with Gasteiger partial charge in [-0.1, -0.05) is 29.8 Å². The number of hydrogen-bond donors (Lipinski definition) is 1. The minimum atomic E-state index is 0.453. The van der Waals surface area contributed by atoms with Gasteiger partial charge in [-0.15, -0.1) is 0 Å². The molecule has 2 fully saturated rings. The molecule has 0 amide bonds. The molecule has 0 spiro atoms. The second kappa shape index (κ2) is 5.50. The minimum absolute atomic E-state index is 0.453. The van der Waals surface area contributed by atoms with Gasteiger partial charge in [-0.3, -0.25) is 0 Å². The predicted octanol–water partition coefficient (Wildman–Crippen LogP) is 3.31. The van der Waals surface area contributed by atoms with E-state index in [1.807, 2.05) is 0 Å². The number of hydrogen-bond acceptors (Lipinski definition) is 2. The minimum Gasteiger partial charge on any atom is -0.312 e. The molecule has 0 aliphatic heterocycles. The van der Waals surface area contributed by atoms with E-state index in [-0.39, 0.29) is 0 Å². The normalized spacial score (nSPS) is 28.0. The van der Waals surface area contributed by atoms with Crippen molar-refractivity contribution in [3.8, 4) is 0 Å². The fourth-order valence-corrected chi connectivity index (χ4v) is 3.68. The van der Waals surface area contributed by atoms with E-state index in [0.717, 1.165) is 12.0 Å². The third-order valence-corrected chi connectivity index (χ3v) is 5.60. The third-order valence-electron chi connectivity index (χ3n) is 5.60. The van der Waals surface area contributed by atoms with Crippen molar-refractivity contribution < 1.29 is 0 Å². The summed E-state index contributed by atoms with van der Waals surface area (Å²) in [5, 5.41) is 3.82. The highest BCUT2D eigenvalue weighted by molar-refractivity contribution is 5.27. The van der Waals surface area contributed by atoms with E-state index < -0.39 is 0 Å². The van der Waals surface area contributed by atoms with E-state index in [1.54, 1.807) is 0 Å². The Labute approximate surface area is 123 Å². The quantitative estimate of drug-likeness (QED) is 0.884. The lowest BCUT2D eigenvalue weighted by atomic mass is 9.73. The van der Waals surface area contributed by atoms with E-state index >= 15 is 0 Å². The fraction of sp³-hybridized carbons (Fsp3) is 0.667. The first-order valence-electron chi connectivity index (χ1n) is 8.06. The van der Waals surface area contributed by atoms with Crippen LogP contribution in [0.5, 0.6) is 0 Å². The Morgan fingerprint density at radius 2 is 2.00 bits per heavy atom. The van der Waals surface area contributed by atoms with E-state index in [9.17, 15) is 0 Å². The van der Waals surface area contributed by atoms with Gasteiger partial charge in [0.15, 0.2) is 0 Å². The highest BCUT2D eigenvalue weighted by atomic mass is 15.2. The van der Waals surface area contributed by atoms with Crippen LogP contribution >= 0.6 is 0 Å². The Morgan fingerprint density at radius 1 is 1.25 bits per heavy atom. The summed E-state index contributed by atoms with van der Waals surface area (Å²) in [7, 11) is 4.47. The summed E-state index contributed by atoms with van der Waals surface area (Å²) in [6.07, 6.45) is 6.75. The number of aryl methyl sites for hydroxylation is 1. The average Bonchev–Trinajstić information content (AvgIpc) is 2.29. The Morgan fingerprint density at radius 3 is 2.55 bits per heavy atom. The molecule has 0 bridgehead atoms. The molecule has 1 aromatic carbocycles. The molecule has 1 aromatic rings. The second-order valence-corrected chi connectivity index (χ2v) is 7.13. The summed E-state index contributed by atoms with van der Waals surface area (Å²) in [6, 6.07) is 9.77. The van der Waals surface area contributed by atoms with E-state index in [4.69, 9.17) is 0 Å². The molecule has 2 nitrogen and oxygen atoms in total. The van der Waals surface area contributed by atoms with Crippen molar-refractivity contribution in [2.75, 3.05) is 20.6 Å². The van der Waals surface area contributed by atoms with Crippen LogP contribution in [0.3, 0.4) is 0 Å². The molecule has 0 radical (unpaired) electrons. The number of nitrogens with one attached hydrogen (secondary N) is 1. The van der Waals surface area contributed by atoms with Crippen molar-refractivity contribution in [2.24, 2.45) is 0 Å². The molecule has 0 atom stereocenters. The fourth-order valence-electron chi connectivity index (χ4n) is 3.68. The molecule has 0 unspecified atom stereocenters. The lowest BCUT2D eigenvalue weighted by molar-refractivity contribution is 0.0524. The molecule has 20 heavy (non-hydrogen) atoms. The van der Waals surface area contributed by atoms with E-state index in [2.05, 4.69) is 55.5 Å². The smallest absolute Gasteiger partial charge is 0.0328 e. The molecule has 2 aliphatic carbocycles. The Kier molecular flexibility index (Phi) is 3.87. The van der Waals surface area contributed by atoms with Gasteiger partial charge in [0.1, 0.15) is 0 Å². The predicted molar refractivity (Wildman–Crippen MR) is 85.2 cm³/mol. The van der Waals surface area contributed by atoms with Crippen LogP contribution < -0.4 is 5.32 Å². The van der Waals surface area contributed by atoms with E-state index in [0.29, 0.717) is 5.54 Å². The SMILES string of the molecule is Cc1cccc(C2CC(NCC3(N(C)C)CCC3)C2)c1. The zero-order valence-corrected chi connectivity index (χ0v) is 13.2. The van der Waals surface area contributed by atoms with Gasteiger partial charge in [-0.2, -0.15) is 0 Å². The van der Waals surface area contributed by atoms with Crippen LogP contribution in [0.15, 0.2) is 24.3 Å². The van der Waals surface area contributed by atoms with Crippen LogP contribution in [0, 0.1) is 6.92 Å². The first kappa shape index (κ1) is 14.1. The van der Waals surface area contributed by atoms with Crippen molar-refractivity contribution in [3.05, 3.63) is 35.4 Å². The number of nitrogens with zero attached hydrogens (tertiary/aromatic N) is 1. The number of likely N-dealkylation sites (N-methyl/N-ethyl adjacent to an activating group) is 1. The maximum absolute atomic E-state index is 3.82. The molecule has 110 valence electrons. The number of benzene rings is 1. The molecule has 0 heterocycles. The molecular weight excluding hydrogens is 244 g/mol. The first-order valence-corrected chi connectivity index (χ1v) is 8.06. The summed E-state index contributed by atoms with van der Waals surface area (Å²) in [5.74, 6) is 0.782. The molecule has 2 saturated carbocycles. The first-order chi connectivity index (χ1) is 9.59. The molecule has 0 aromatic heterocycles. The monoisotopic (exact) mass is 272 g/mol. The van der Waals surface area contributed by atoms with Gasteiger partial charge < -0.3 is 10.2 Å². The largest absolute Gasteiger partial charge is 0.312 e. The van der Waals surface area contributed by atoms with Gasteiger partial charge >= 0.3 is 0 Å². The molecule has 3 rings (SSSR count). The zero-order valence-electron chi connectivity index (χ0n) is 13.2. The van der Waals surface area contributed by atoms with Gasteiger partial charge in [0, 0.05) is 18.1 Å². The molecule has 2 aliphatic rings. The van der Waals surface area contributed by atoms with Gasteiger partial charge in [-0.05, 0) is 64.6 Å². The second-order valence-electron chi connectivity index (χ2n) is 7.13. The highest BCUT2D eigenvalue weighted by Crippen LogP contribution is 2.39. The van der Waals surface area contributed by atoms with Crippen molar-refractivity contribution in [1.29, 1.82) is 0 Å². The Bertz CT molecular complexity index is 456. The summed E-state index contributed by atoms with van der Waals surface area (Å²) in [6.45, 7) is 3.36. The highest BCUT2D eigenvalue weighted by Gasteiger charge is 2.40. The van der Waals surface area contributed by atoms with Crippen LogP contribution in [0.2, 0.25) is 0 Å². The van der Waals surface area contributed by atoms with Gasteiger partial charge in [-0.25, -0.2) is 0 Å². The van der Waals surface area contributed by atoms with Crippen LogP contribution in [-0.2, 0) is 0 Å². The maximum atomic E-state index is 3.82. The van der Waals surface area contributed by atoms with Crippen molar-refractivity contribution in [1.82, 2.24) is 10.2 Å². The molecule has 1 N–H and O–H groups in total. The molecular formula is C18H28N2. The van der Waals surface area contributed by atoms with Gasteiger partial charge in [0.25, 0.3) is 0 Å². The summed E-state index contributed by atoms with van der Waals surface area (Å²) in [5.41, 5.74) is 3.38. The standard InChI is InChI=1S/C18H28N2/c1-14-6-4-7-15(10-14)16-11-17(12-16)19-13-18(20(2)3)8-5-9-18/h4,6-7,10,16-17,19H,5,8-9,11-13H2,1-3H3. The topological polar surface area (TPSA) is 15.3 Å². The Hall–Kier alpha value is -0.860. The number of rotatable bonds is 5. The van der Waals surface area contributed by atoms with Crippen molar-refractivity contribution in [2.45, 2.75) is 56.5 Å². The van der Waals surface area contributed by atoms with Crippen LogP contribution in [0.1, 0.15) is 49.1 Å². The third kappa shape index (κ3) is 2.64. The van der Waals surface area contributed by atoms with Crippen LogP contribution in [0.4, 0.5) is 0 Å². The summed E-state index contributed by atoms with van der Waals surface area (Å²) >= 11 is 0. The van der Waals surface area contributed by atoms with Gasteiger partial charge in [0.2, 0.25) is 0 Å². The van der Waals surface area contributed by atoms with Crippen LogP contribution in [0.25, 0.3) is 0 Å². The summed E-state index contributed by atoms with van der Waals surface area (Å²) < 4.78 is 0. The maximum Gasteiger partial charge on any atom is 0.0328 e. The lowest BCUT2D eigenvalue weighted by Crippen LogP contribution is -2.58. The van der Waals surface area contributed by atoms with Gasteiger partial charge in [0.05, 0.1) is 0 Å². The van der Waals surface area contributed by atoms with E-state index in [1.165, 1.54) is 49.8 Å². The van der Waals surface area contributed by atoms with Crippen LogP contribution in [-0.4, -0.2) is 37.1 Å². The average molecular weight is 272 g/mol. The van der Waals surface area contributed by atoms with Crippen molar-refractivity contribution >= 4 is 0 Å². The zero-order chi connectivity index (χ0) is 14.2. The molecule has 2 heteroatoms. The lowest BCUT2D eigenvalue weighted by Gasteiger charge is -2.49. The van der Waals surface area contributed by atoms with Crippen molar-refractivity contribution in [3.63, 3.8) is 0 Å². The Balaban J connectivity index is 1.47. The summed E-state index contributed by atoms with van der Waals surface area (Å²) in [4.78, 5) is 2.43.